The normalized spacial score (nSPS) is 11.9. The second-order valence-electron chi connectivity index (χ2n) is 15.7. The Morgan fingerprint density at radius 1 is 0.500 bits per heavy atom. The zero-order valence-electron chi connectivity index (χ0n) is 33.0. The number of nitrogens with zero attached hydrogens (tertiary/aromatic N) is 4. The van der Waals surface area contributed by atoms with Crippen LogP contribution in [-0.4, -0.2) is 16.8 Å². The van der Waals surface area contributed by atoms with Crippen LogP contribution >= 0.6 is 0 Å². The monoisotopic (exact) mass is 706 g/mol. The van der Waals surface area contributed by atoms with Crippen LogP contribution < -0.4 is 4.74 Å². The van der Waals surface area contributed by atoms with Gasteiger partial charge in [-0.2, -0.15) is 20.5 Å². The van der Waals surface area contributed by atoms with E-state index in [-0.39, 0.29) is 22.3 Å². The van der Waals surface area contributed by atoms with E-state index in [0.717, 1.165) is 35.7 Å². The first-order valence-corrected chi connectivity index (χ1v) is 19.1. The van der Waals surface area contributed by atoms with E-state index in [0.29, 0.717) is 11.4 Å². The van der Waals surface area contributed by atoms with Crippen molar-refractivity contribution in [3.05, 3.63) is 102 Å². The average molecular weight is 707 g/mol. The molecule has 0 saturated heterocycles. The quantitative estimate of drug-likeness (QED) is 0.0896. The number of unbranched alkanes of at least 4 members (excludes halogenated alkanes) is 9. The van der Waals surface area contributed by atoms with Crippen molar-refractivity contribution in [1.29, 1.82) is 0 Å². The van der Waals surface area contributed by atoms with Crippen molar-refractivity contribution in [3.8, 4) is 17.2 Å². The fourth-order valence-corrected chi connectivity index (χ4v) is 5.61. The van der Waals surface area contributed by atoms with E-state index in [1.54, 1.807) is 36.4 Å². The Morgan fingerprint density at radius 2 is 0.923 bits per heavy atom. The topological polar surface area (TPSA) is 99.1 Å². The summed E-state index contributed by atoms with van der Waals surface area (Å²) >= 11 is 0. The van der Waals surface area contributed by atoms with Crippen LogP contribution in [0.1, 0.15) is 129 Å². The zero-order valence-corrected chi connectivity index (χ0v) is 33.0. The third kappa shape index (κ3) is 15.4. The minimum atomic E-state index is -0.159. The predicted molar refractivity (Wildman–Crippen MR) is 217 cm³/mol. The molecule has 0 spiro atoms. The van der Waals surface area contributed by atoms with Crippen molar-refractivity contribution in [2.75, 3.05) is 6.61 Å². The number of phenolic OH excluding ortho intramolecular Hbond substituents is 2. The maximum Gasteiger partial charge on any atom is 0.123 e. The van der Waals surface area contributed by atoms with Crippen LogP contribution in [0.5, 0.6) is 17.2 Å². The van der Waals surface area contributed by atoms with Crippen molar-refractivity contribution < 1.29 is 14.9 Å². The lowest BCUT2D eigenvalue weighted by Crippen LogP contribution is -2.13. The molecule has 0 aliphatic heterocycles. The van der Waals surface area contributed by atoms with Gasteiger partial charge < -0.3 is 14.9 Å². The Labute approximate surface area is 313 Å². The van der Waals surface area contributed by atoms with E-state index in [1.807, 2.05) is 45.0 Å². The molecule has 52 heavy (non-hydrogen) atoms. The highest BCUT2D eigenvalue weighted by Crippen LogP contribution is 2.36. The van der Waals surface area contributed by atoms with Gasteiger partial charge in [-0.15, -0.1) is 0 Å². The Hall–Kier alpha value is -4.52. The molecular formula is C45H62N4O3. The van der Waals surface area contributed by atoms with E-state index in [9.17, 15) is 10.2 Å². The molecule has 0 aliphatic carbocycles. The molecule has 280 valence electrons. The summed E-state index contributed by atoms with van der Waals surface area (Å²) in [7, 11) is 0. The lowest BCUT2D eigenvalue weighted by molar-refractivity contribution is 0.296. The second kappa shape index (κ2) is 21.1. The third-order valence-corrected chi connectivity index (χ3v) is 8.76. The molecule has 4 rings (SSSR count). The largest absolute Gasteiger partial charge is 0.508 e. The first-order valence-electron chi connectivity index (χ1n) is 19.1. The SMILES string of the molecule is CC(C)(C)c1cc(N=Nc2ccc(O)cc2)ccc1O.CCCCCCCCCCCCOc1ccc(N=Nc2ccc(C)cc2)cc1C(C)(C)C. The highest BCUT2D eigenvalue weighted by Gasteiger charge is 2.20. The summed E-state index contributed by atoms with van der Waals surface area (Å²) in [6, 6.07) is 25.9. The molecular weight excluding hydrogens is 645 g/mol. The van der Waals surface area contributed by atoms with Crippen LogP contribution in [0.4, 0.5) is 22.7 Å². The minimum Gasteiger partial charge on any atom is -0.508 e. The molecule has 0 bridgehead atoms. The van der Waals surface area contributed by atoms with Gasteiger partial charge in [0.15, 0.2) is 0 Å². The summed E-state index contributed by atoms with van der Waals surface area (Å²) < 4.78 is 6.19. The Balaban J connectivity index is 0.000000311. The van der Waals surface area contributed by atoms with E-state index in [2.05, 4.69) is 79.3 Å². The maximum absolute atomic E-state index is 9.89. The highest BCUT2D eigenvalue weighted by molar-refractivity contribution is 5.51. The van der Waals surface area contributed by atoms with Crippen molar-refractivity contribution in [1.82, 2.24) is 0 Å². The molecule has 0 radical (unpaired) electrons. The van der Waals surface area contributed by atoms with Crippen LogP contribution in [-0.2, 0) is 10.8 Å². The van der Waals surface area contributed by atoms with Gasteiger partial charge in [0.1, 0.15) is 17.2 Å². The average Bonchev–Trinajstić information content (AvgIpc) is 3.10. The molecule has 0 amide bonds. The maximum atomic E-state index is 9.89. The molecule has 0 saturated carbocycles. The number of hydrogen-bond donors (Lipinski definition) is 2. The van der Waals surface area contributed by atoms with E-state index in [4.69, 9.17) is 4.74 Å². The lowest BCUT2D eigenvalue weighted by Gasteiger charge is -2.23. The van der Waals surface area contributed by atoms with Crippen LogP contribution in [0.25, 0.3) is 0 Å². The molecule has 0 aliphatic rings. The third-order valence-electron chi connectivity index (χ3n) is 8.76. The van der Waals surface area contributed by atoms with Crippen molar-refractivity contribution >= 4 is 22.7 Å². The molecule has 7 nitrogen and oxygen atoms in total. The standard InChI is InChI=1S/C29H44N2O.C16H18N2O2/c1-6-7-8-9-10-11-12-13-14-15-22-32-28-21-20-26(23-27(28)29(3,4)5)31-30-25-18-16-24(2)17-19-25;1-16(2,3)14-10-12(6-9-15(14)20)18-17-11-4-7-13(19)8-5-11/h16-21,23H,6-15,22H2,1-5H3;4-10,19-20H,1-3H3. The van der Waals surface area contributed by atoms with Gasteiger partial charge in [0.05, 0.1) is 29.4 Å². The highest BCUT2D eigenvalue weighted by atomic mass is 16.5. The molecule has 4 aromatic carbocycles. The molecule has 0 heterocycles. The van der Waals surface area contributed by atoms with Crippen molar-refractivity contribution in [3.63, 3.8) is 0 Å². The number of rotatable bonds is 16. The number of hydrogen-bond acceptors (Lipinski definition) is 7. The smallest absolute Gasteiger partial charge is 0.123 e. The Kier molecular flexibility index (Phi) is 17.0. The first kappa shape index (κ1) is 41.9. The number of phenols is 2. The molecule has 0 aromatic heterocycles. The van der Waals surface area contributed by atoms with E-state index >= 15 is 0 Å². The zero-order chi connectivity index (χ0) is 38.0. The Morgan fingerprint density at radius 3 is 1.44 bits per heavy atom. The minimum absolute atomic E-state index is 0.0114. The first-order chi connectivity index (χ1) is 24.8. The number of ether oxygens (including phenoxy) is 1. The predicted octanol–water partition coefficient (Wildman–Crippen LogP) is 14.8. The molecule has 0 fully saturated rings. The fraction of sp³-hybridized carbons (Fsp3) is 0.467. The second-order valence-corrected chi connectivity index (χ2v) is 15.7. The molecule has 4 aromatic rings. The molecule has 0 unspecified atom stereocenters. The van der Waals surface area contributed by atoms with Crippen molar-refractivity contribution in [2.45, 2.75) is 130 Å². The van der Waals surface area contributed by atoms with Crippen molar-refractivity contribution in [2.24, 2.45) is 20.5 Å². The van der Waals surface area contributed by atoms with Gasteiger partial charge in [-0.25, -0.2) is 0 Å². The van der Waals surface area contributed by atoms with Crippen LogP contribution in [0.15, 0.2) is 105 Å². The summed E-state index contributed by atoms with van der Waals surface area (Å²) in [6.07, 6.45) is 13.4. The number of azo groups is 2. The van der Waals surface area contributed by atoms with Crippen LogP contribution in [0, 0.1) is 6.92 Å². The van der Waals surface area contributed by atoms with Crippen LogP contribution in [0.2, 0.25) is 0 Å². The van der Waals surface area contributed by atoms with Gasteiger partial charge in [0.2, 0.25) is 0 Å². The van der Waals surface area contributed by atoms with Gasteiger partial charge in [-0.1, -0.05) is 124 Å². The molecule has 2 N–H and O–H groups in total. The van der Waals surface area contributed by atoms with Crippen LogP contribution in [0.3, 0.4) is 0 Å². The fourth-order valence-electron chi connectivity index (χ4n) is 5.61. The van der Waals surface area contributed by atoms with E-state index in [1.165, 1.54) is 68.9 Å². The number of aryl methyl sites for hydroxylation is 1. The Bertz CT molecular complexity index is 1680. The summed E-state index contributed by atoms with van der Waals surface area (Å²) in [5.74, 6) is 1.44. The van der Waals surface area contributed by atoms with Gasteiger partial charge in [0.25, 0.3) is 0 Å². The lowest BCUT2D eigenvalue weighted by atomic mass is 9.86. The van der Waals surface area contributed by atoms with Gasteiger partial charge in [-0.05, 0) is 97.0 Å². The molecule has 0 atom stereocenters. The summed E-state index contributed by atoms with van der Waals surface area (Å²) in [5, 5.41) is 36.2. The number of aromatic hydroxyl groups is 2. The van der Waals surface area contributed by atoms with E-state index < -0.39 is 0 Å². The number of benzene rings is 4. The summed E-state index contributed by atoms with van der Waals surface area (Å²) in [4.78, 5) is 0. The van der Waals surface area contributed by atoms with Gasteiger partial charge in [0, 0.05) is 11.1 Å². The molecule has 7 heteroatoms. The summed E-state index contributed by atoms with van der Waals surface area (Å²) in [6.45, 7) is 17.9. The van der Waals surface area contributed by atoms with Gasteiger partial charge in [-0.3, -0.25) is 0 Å². The summed E-state index contributed by atoms with van der Waals surface area (Å²) in [5.41, 5.74) is 6.15. The van der Waals surface area contributed by atoms with Gasteiger partial charge >= 0.3 is 0 Å².